The van der Waals surface area contributed by atoms with Gasteiger partial charge in [0.2, 0.25) is 0 Å². The van der Waals surface area contributed by atoms with Crippen LogP contribution in [-0.2, 0) is 6.54 Å². The summed E-state index contributed by atoms with van der Waals surface area (Å²) in [5.74, 6) is -0.0709. The SMILES string of the molecule is Cc1nscc1C(=O)NCCn1cccn1. The quantitative estimate of drug-likeness (QED) is 0.864. The van der Waals surface area contributed by atoms with Gasteiger partial charge >= 0.3 is 0 Å². The zero-order valence-corrected chi connectivity index (χ0v) is 9.70. The van der Waals surface area contributed by atoms with Crippen LogP contribution < -0.4 is 5.32 Å². The molecule has 2 rings (SSSR count). The molecule has 0 unspecified atom stereocenters. The highest BCUT2D eigenvalue weighted by atomic mass is 32.1. The smallest absolute Gasteiger partial charge is 0.254 e. The summed E-state index contributed by atoms with van der Waals surface area (Å²) in [5, 5.41) is 8.64. The van der Waals surface area contributed by atoms with E-state index in [1.54, 1.807) is 16.3 Å². The molecular formula is C10H12N4OS. The van der Waals surface area contributed by atoms with Crippen LogP contribution in [-0.4, -0.2) is 26.6 Å². The Labute approximate surface area is 97.3 Å². The zero-order chi connectivity index (χ0) is 11.4. The Morgan fingerprint density at radius 2 is 2.50 bits per heavy atom. The summed E-state index contributed by atoms with van der Waals surface area (Å²) in [5.41, 5.74) is 1.44. The van der Waals surface area contributed by atoms with Crippen LogP contribution in [0, 0.1) is 6.92 Å². The molecule has 16 heavy (non-hydrogen) atoms. The molecule has 0 aliphatic rings. The lowest BCUT2D eigenvalue weighted by atomic mass is 10.2. The summed E-state index contributed by atoms with van der Waals surface area (Å²) in [6, 6.07) is 1.86. The predicted molar refractivity (Wildman–Crippen MR) is 61.4 cm³/mol. The maximum absolute atomic E-state index is 11.7. The number of nitrogens with one attached hydrogen (secondary N) is 1. The molecule has 2 aromatic heterocycles. The number of aromatic nitrogens is 3. The summed E-state index contributed by atoms with van der Waals surface area (Å²) in [7, 11) is 0. The monoisotopic (exact) mass is 236 g/mol. The number of carbonyl (C=O) groups excluding carboxylic acids is 1. The van der Waals surface area contributed by atoms with Crippen LogP contribution in [0.2, 0.25) is 0 Å². The summed E-state index contributed by atoms with van der Waals surface area (Å²) in [6.45, 7) is 3.07. The number of aryl methyl sites for hydroxylation is 1. The molecule has 1 N–H and O–H groups in total. The number of carbonyl (C=O) groups is 1. The number of hydrogen-bond donors (Lipinski definition) is 1. The largest absolute Gasteiger partial charge is 0.350 e. The molecule has 2 aromatic rings. The highest BCUT2D eigenvalue weighted by Crippen LogP contribution is 2.08. The van der Waals surface area contributed by atoms with Crippen LogP contribution in [0.5, 0.6) is 0 Å². The summed E-state index contributed by atoms with van der Waals surface area (Å²) < 4.78 is 5.84. The van der Waals surface area contributed by atoms with Gasteiger partial charge in [-0.2, -0.15) is 9.47 Å². The topological polar surface area (TPSA) is 59.8 Å². The van der Waals surface area contributed by atoms with Gasteiger partial charge in [-0.3, -0.25) is 9.48 Å². The molecule has 6 heteroatoms. The van der Waals surface area contributed by atoms with Crippen molar-refractivity contribution >= 4 is 17.4 Å². The van der Waals surface area contributed by atoms with Crippen molar-refractivity contribution < 1.29 is 4.79 Å². The molecule has 84 valence electrons. The van der Waals surface area contributed by atoms with Gasteiger partial charge < -0.3 is 5.32 Å². The first-order valence-electron chi connectivity index (χ1n) is 4.94. The Balaban J connectivity index is 1.83. The van der Waals surface area contributed by atoms with Gasteiger partial charge in [0, 0.05) is 24.3 Å². The van der Waals surface area contributed by atoms with Gasteiger partial charge in [0.05, 0.1) is 17.8 Å². The fraction of sp³-hybridized carbons (Fsp3) is 0.300. The van der Waals surface area contributed by atoms with Crippen molar-refractivity contribution in [3.05, 3.63) is 35.1 Å². The molecule has 0 aliphatic carbocycles. The number of rotatable bonds is 4. The van der Waals surface area contributed by atoms with E-state index in [0.29, 0.717) is 18.7 Å². The van der Waals surface area contributed by atoms with Crippen molar-refractivity contribution in [1.82, 2.24) is 19.5 Å². The first-order valence-corrected chi connectivity index (χ1v) is 5.77. The van der Waals surface area contributed by atoms with Crippen molar-refractivity contribution in [2.75, 3.05) is 6.54 Å². The second-order valence-electron chi connectivity index (χ2n) is 3.34. The first kappa shape index (κ1) is 10.8. The molecule has 5 nitrogen and oxygen atoms in total. The molecule has 0 atom stereocenters. The third-order valence-corrected chi connectivity index (χ3v) is 2.90. The molecule has 0 fully saturated rings. The third kappa shape index (κ3) is 2.46. The number of nitrogens with zero attached hydrogens (tertiary/aromatic N) is 3. The third-order valence-electron chi connectivity index (χ3n) is 2.18. The predicted octanol–water partition coefficient (Wildman–Crippen LogP) is 1.08. The molecule has 0 radical (unpaired) electrons. The van der Waals surface area contributed by atoms with Crippen LogP contribution in [0.1, 0.15) is 16.1 Å². The van der Waals surface area contributed by atoms with Gasteiger partial charge in [-0.25, -0.2) is 0 Å². The Morgan fingerprint density at radius 3 is 3.12 bits per heavy atom. The average Bonchev–Trinajstić information content (AvgIpc) is 2.88. The fourth-order valence-corrected chi connectivity index (χ4v) is 2.01. The van der Waals surface area contributed by atoms with E-state index in [4.69, 9.17) is 0 Å². The van der Waals surface area contributed by atoms with Crippen molar-refractivity contribution in [3.8, 4) is 0 Å². The normalized spacial score (nSPS) is 10.3. The maximum Gasteiger partial charge on any atom is 0.254 e. The summed E-state index contributed by atoms with van der Waals surface area (Å²) >= 11 is 1.30. The standard InChI is InChI=1S/C10H12N4OS/c1-8-9(7-16-13-8)10(15)11-4-6-14-5-2-3-12-14/h2-3,5,7H,4,6H2,1H3,(H,11,15). The van der Waals surface area contributed by atoms with Crippen LogP contribution in [0.15, 0.2) is 23.8 Å². The van der Waals surface area contributed by atoms with E-state index in [1.165, 1.54) is 11.5 Å². The molecule has 1 amide bonds. The molecule has 0 saturated carbocycles. The molecule has 0 saturated heterocycles. The second kappa shape index (κ2) is 4.89. The lowest BCUT2D eigenvalue weighted by Crippen LogP contribution is -2.27. The zero-order valence-electron chi connectivity index (χ0n) is 8.88. The van der Waals surface area contributed by atoms with Gasteiger partial charge in [-0.15, -0.1) is 0 Å². The molecule has 2 heterocycles. The van der Waals surface area contributed by atoms with Gasteiger partial charge in [0.25, 0.3) is 5.91 Å². The van der Waals surface area contributed by atoms with E-state index in [-0.39, 0.29) is 5.91 Å². The minimum atomic E-state index is -0.0709. The highest BCUT2D eigenvalue weighted by Gasteiger charge is 2.09. The summed E-state index contributed by atoms with van der Waals surface area (Å²) in [4.78, 5) is 11.7. The van der Waals surface area contributed by atoms with Gasteiger partial charge in [0.15, 0.2) is 0 Å². The first-order chi connectivity index (χ1) is 7.77. The van der Waals surface area contributed by atoms with E-state index >= 15 is 0 Å². The van der Waals surface area contributed by atoms with Crippen LogP contribution in [0.25, 0.3) is 0 Å². The lowest BCUT2D eigenvalue weighted by Gasteiger charge is -2.04. The van der Waals surface area contributed by atoms with E-state index in [1.807, 2.05) is 19.2 Å². The number of amides is 1. The fourth-order valence-electron chi connectivity index (χ4n) is 1.32. The van der Waals surface area contributed by atoms with E-state index in [0.717, 1.165) is 5.69 Å². The van der Waals surface area contributed by atoms with Gasteiger partial charge in [-0.1, -0.05) is 0 Å². The Kier molecular flexibility index (Phi) is 3.31. The van der Waals surface area contributed by atoms with E-state index in [2.05, 4.69) is 14.8 Å². The minimum Gasteiger partial charge on any atom is -0.350 e. The van der Waals surface area contributed by atoms with Crippen molar-refractivity contribution in [2.24, 2.45) is 0 Å². The molecule has 0 aliphatic heterocycles. The van der Waals surface area contributed by atoms with Crippen molar-refractivity contribution in [2.45, 2.75) is 13.5 Å². The molecule has 0 aromatic carbocycles. The molecule has 0 spiro atoms. The lowest BCUT2D eigenvalue weighted by molar-refractivity contribution is 0.0951. The van der Waals surface area contributed by atoms with Gasteiger partial charge in [0.1, 0.15) is 0 Å². The Morgan fingerprint density at radius 1 is 1.62 bits per heavy atom. The summed E-state index contributed by atoms with van der Waals surface area (Å²) in [6.07, 6.45) is 3.58. The maximum atomic E-state index is 11.7. The highest BCUT2D eigenvalue weighted by molar-refractivity contribution is 7.03. The van der Waals surface area contributed by atoms with Crippen LogP contribution >= 0.6 is 11.5 Å². The van der Waals surface area contributed by atoms with E-state index < -0.39 is 0 Å². The van der Waals surface area contributed by atoms with E-state index in [9.17, 15) is 4.79 Å². The van der Waals surface area contributed by atoms with Crippen LogP contribution in [0.3, 0.4) is 0 Å². The Hall–Kier alpha value is -1.69. The van der Waals surface area contributed by atoms with Crippen molar-refractivity contribution in [1.29, 1.82) is 0 Å². The second-order valence-corrected chi connectivity index (χ2v) is 3.97. The van der Waals surface area contributed by atoms with Gasteiger partial charge in [-0.05, 0) is 24.5 Å². The average molecular weight is 236 g/mol. The molecular weight excluding hydrogens is 224 g/mol. The van der Waals surface area contributed by atoms with Crippen molar-refractivity contribution in [3.63, 3.8) is 0 Å². The minimum absolute atomic E-state index is 0.0709. The number of hydrogen-bond acceptors (Lipinski definition) is 4. The van der Waals surface area contributed by atoms with Crippen LogP contribution in [0.4, 0.5) is 0 Å². The molecule has 0 bridgehead atoms. The Bertz CT molecular complexity index is 463.